The molecule has 0 spiro atoms. The van der Waals surface area contributed by atoms with E-state index in [0.717, 1.165) is 6.42 Å². The molecular formula is C24H31F3O2. The molecule has 2 nitrogen and oxygen atoms in total. The first-order valence-corrected chi connectivity index (χ1v) is 10.5. The van der Waals surface area contributed by atoms with E-state index in [-0.39, 0.29) is 5.75 Å². The van der Waals surface area contributed by atoms with Gasteiger partial charge in [0.15, 0.2) is 6.61 Å². The van der Waals surface area contributed by atoms with Gasteiger partial charge in [0.1, 0.15) is 17.2 Å². The molecule has 0 aliphatic carbocycles. The topological polar surface area (TPSA) is 18.5 Å². The van der Waals surface area contributed by atoms with Gasteiger partial charge >= 0.3 is 6.18 Å². The Kier molecular flexibility index (Phi) is 9.89. The normalized spacial score (nSPS) is 11.4. The summed E-state index contributed by atoms with van der Waals surface area (Å²) < 4.78 is 46.9. The second kappa shape index (κ2) is 12.4. The number of alkyl halides is 3. The molecule has 0 radical (unpaired) electrons. The fourth-order valence-electron chi connectivity index (χ4n) is 3.09. The average Bonchev–Trinajstić information content (AvgIpc) is 2.70. The Hall–Kier alpha value is -2.17. The number of aryl methyl sites for hydroxylation is 1. The fourth-order valence-corrected chi connectivity index (χ4v) is 3.09. The van der Waals surface area contributed by atoms with E-state index in [9.17, 15) is 13.2 Å². The van der Waals surface area contributed by atoms with Crippen LogP contribution in [0.25, 0.3) is 0 Å². The summed E-state index contributed by atoms with van der Waals surface area (Å²) in [5.74, 6) is 1.42. The molecule has 0 saturated carbocycles. The molecule has 5 heteroatoms. The molecule has 0 amide bonds. The molecule has 0 unspecified atom stereocenters. The lowest BCUT2D eigenvalue weighted by molar-refractivity contribution is -0.153. The van der Waals surface area contributed by atoms with E-state index in [2.05, 4.69) is 23.8 Å². The minimum absolute atomic E-state index is 0.162. The zero-order valence-electron chi connectivity index (χ0n) is 17.1. The van der Waals surface area contributed by atoms with Gasteiger partial charge in [-0.1, -0.05) is 64.0 Å². The van der Waals surface area contributed by atoms with Crippen LogP contribution in [0.1, 0.15) is 63.9 Å². The molecule has 2 aromatic rings. The summed E-state index contributed by atoms with van der Waals surface area (Å²) in [5, 5.41) is 0. The summed E-state index contributed by atoms with van der Waals surface area (Å²) in [6, 6.07) is 14.1. The first-order chi connectivity index (χ1) is 14.0. The monoisotopic (exact) mass is 408 g/mol. The Bertz CT molecular complexity index is 679. The van der Waals surface area contributed by atoms with Gasteiger partial charge in [-0.15, -0.1) is 0 Å². The lowest BCUT2D eigenvalue weighted by atomic mass is 10.0. The van der Waals surface area contributed by atoms with Gasteiger partial charge in [-0.2, -0.15) is 13.2 Å². The summed E-state index contributed by atoms with van der Waals surface area (Å²) >= 11 is 0. The number of unbranched alkanes of at least 4 members (excludes halogenated alkanes) is 7. The molecule has 0 heterocycles. The highest BCUT2D eigenvalue weighted by molar-refractivity contribution is 5.36. The minimum Gasteiger partial charge on any atom is -0.484 e. The number of ether oxygens (including phenoxy) is 2. The van der Waals surface area contributed by atoms with Crippen molar-refractivity contribution in [3.05, 3.63) is 54.1 Å². The SMILES string of the molecule is CCCCCCCCCCc1ccc(Oc2ccc(OCC(F)(F)F)cc2)cc1. The van der Waals surface area contributed by atoms with Crippen LogP contribution in [-0.4, -0.2) is 12.8 Å². The van der Waals surface area contributed by atoms with E-state index < -0.39 is 12.8 Å². The van der Waals surface area contributed by atoms with Crippen LogP contribution < -0.4 is 9.47 Å². The Balaban J connectivity index is 1.68. The molecule has 0 aliphatic heterocycles. The summed E-state index contributed by atoms with van der Waals surface area (Å²) in [4.78, 5) is 0. The van der Waals surface area contributed by atoms with E-state index in [1.54, 1.807) is 12.1 Å². The lowest BCUT2D eigenvalue weighted by Gasteiger charge is -2.10. The molecule has 0 fully saturated rings. The molecule has 0 bridgehead atoms. The average molecular weight is 409 g/mol. The van der Waals surface area contributed by atoms with E-state index in [1.165, 1.54) is 69.1 Å². The van der Waals surface area contributed by atoms with Gasteiger partial charge in [0.2, 0.25) is 0 Å². The fraction of sp³-hybridized carbons (Fsp3) is 0.500. The standard InChI is InChI=1S/C24H31F3O2/c1-2-3-4-5-6-7-8-9-10-20-11-13-22(14-12-20)29-23-17-15-21(16-18-23)28-19-24(25,26)27/h11-18H,2-10,19H2,1H3. The van der Waals surface area contributed by atoms with Crippen LogP contribution in [0.4, 0.5) is 13.2 Å². The highest BCUT2D eigenvalue weighted by Crippen LogP contribution is 2.25. The van der Waals surface area contributed by atoms with E-state index in [4.69, 9.17) is 4.74 Å². The molecule has 0 aliphatic rings. The smallest absolute Gasteiger partial charge is 0.422 e. The maximum absolute atomic E-state index is 12.2. The van der Waals surface area contributed by atoms with Crippen LogP contribution in [0.2, 0.25) is 0 Å². The van der Waals surface area contributed by atoms with E-state index >= 15 is 0 Å². The van der Waals surface area contributed by atoms with Gasteiger partial charge in [0.25, 0.3) is 0 Å². The van der Waals surface area contributed by atoms with Crippen molar-refractivity contribution in [3.63, 3.8) is 0 Å². The third-order valence-electron chi connectivity index (χ3n) is 4.70. The molecule has 0 N–H and O–H groups in total. The van der Waals surface area contributed by atoms with Crippen LogP contribution in [0.5, 0.6) is 17.2 Å². The zero-order valence-corrected chi connectivity index (χ0v) is 17.1. The van der Waals surface area contributed by atoms with E-state index in [1.807, 2.05) is 12.1 Å². The zero-order chi connectivity index (χ0) is 21.0. The van der Waals surface area contributed by atoms with Gasteiger partial charge in [0, 0.05) is 0 Å². The quantitative estimate of drug-likeness (QED) is 0.312. The number of halogens is 3. The maximum Gasteiger partial charge on any atom is 0.422 e. The molecule has 29 heavy (non-hydrogen) atoms. The Morgan fingerprint density at radius 1 is 0.655 bits per heavy atom. The Labute approximate surface area is 172 Å². The van der Waals surface area contributed by atoms with Gasteiger partial charge in [-0.05, 0) is 54.8 Å². The predicted molar refractivity (Wildman–Crippen MR) is 111 cm³/mol. The summed E-state index contributed by atoms with van der Waals surface area (Å²) in [6.07, 6.45) is 7.22. The molecular weight excluding hydrogens is 377 g/mol. The third-order valence-corrected chi connectivity index (χ3v) is 4.70. The van der Waals surface area contributed by atoms with Crippen molar-refractivity contribution >= 4 is 0 Å². The van der Waals surface area contributed by atoms with Crippen molar-refractivity contribution in [2.24, 2.45) is 0 Å². The Morgan fingerprint density at radius 2 is 1.14 bits per heavy atom. The predicted octanol–water partition coefficient (Wildman–Crippen LogP) is 8.10. The third kappa shape index (κ3) is 10.2. The van der Waals surface area contributed by atoms with Crippen LogP contribution in [-0.2, 0) is 6.42 Å². The molecule has 0 saturated heterocycles. The minimum atomic E-state index is -4.34. The van der Waals surface area contributed by atoms with Gasteiger partial charge in [0.05, 0.1) is 0 Å². The number of hydrogen-bond acceptors (Lipinski definition) is 2. The second-order valence-corrected chi connectivity index (χ2v) is 7.35. The van der Waals surface area contributed by atoms with Crippen molar-refractivity contribution in [2.75, 3.05) is 6.61 Å². The highest BCUT2D eigenvalue weighted by Gasteiger charge is 2.28. The largest absolute Gasteiger partial charge is 0.484 e. The summed E-state index contributed by atoms with van der Waals surface area (Å²) in [5.41, 5.74) is 1.29. The maximum atomic E-state index is 12.2. The first kappa shape index (κ1) is 23.1. The van der Waals surface area contributed by atoms with Crippen molar-refractivity contribution in [1.82, 2.24) is 0 Å². The van der Waals surface area contributed by atoms with Crippen LogP contribution in [0, 0.1) is 0 Å². The van der Waals surface area contributed by atoms with Gasteiger partial charge in [-0.3, -0.25) is 0 Å². The van der Waals surface area contributed by atoms with Crippen molar-refractivity contribution < 1.29 is 22.6 Å². The first-order valence-electron chi connectivity index (χ1n) is 10.5. The molecule has 2 rings (SSSR count). The highest BCUT2D eigenvalue weighted by atomic mass is 19.4. The molecule has 0 aromatic heterocycles. The van der Waals surface area contributed by atoms with Crippen LogP contribution >= 0.6 is 0 Å². The lowest BCUT2D eigenvalue weighted by Crippen LogP contribution is -2.19. The molecule has 2 aromatic carbocycles. The molecule has 160 valence electrons. The van der Waals surface area contributed by atoms with Crippen LogP contribution in [0.3, 0.4) is 0 Å². The van der Waals surface area contributed by atoms with Crippen LogP contribution in [0.15, 0.2) is 48.5 Å². The van der Waals surface area contributed by atoms with Gasteiger partial charge < -0.3 is 9.47 Å². The second-order valence-electron chi connectivity index (χ2n) is 7.35. The number of benzene rings is 2. The van der Waals surface area contributed by atoms with Crippen molar-refractivity contribution in [3.8, 4) is 17.2 Å². The Morgan fingerprint density at radius 3 is 1.69 bits per heavy atom. The summed E-state index contributed by atoms with van der Waals surface area (Å²) in [6.45, 7) is 0.942. The number of hydrogen-bond donors (Lipinski definition) is 0. The molecule has 0 atom stereocenters. The van der Waals surface area contributed by atoms with Crippen molar-refractivity contribution in [2.45, 2.75) is 70.9 Å². The summed E-state index contributed by atoms with van der Waals surface area (Å²) in [7, 11) is 0. The van der Waals surface area contributed by atoms with Crippen molar-refractivity contribution in [1.29, 1.82) is 0 Å². The number of rotatable bonds is 13. The van der Waals surface area contributed by atoms with E-state index in [0.29, 0.717) is 11.5 Å². The van der Waals surface area contributed by atoms with Gasteiger partial charge in [-0.25, -0.2) is 0 Å².